The molecule has 1 aliphatic carbocycles. The standard InChI is InChI=1S/C10H8ClFO/c11-10(12)6-5-7-3-1-2-4-8(7)9(10)13/h1-4H,5-6H2/t10-/m1/s1. The van der Waals surface area contributed by atoms with Crippen LogP contribution in [0.5, 0.6) is 0 Å². The SMILES string of the molecule is O=C1c2ccccc2CC[C@]1(F)Cl. The maximum absolute atomic E-state index is 13.4. The lowest BCUT2D eigenvalue weighted by Gasteiger charge is -2.23. The fourth-order valence-corrected chi connectivity index (χ4v) is 1.76. The predicted octanol–water partition coefficient (Wildman–Crippen LogP) is 2.72. The van der Waals surface area contributed by atoms with Gasteiger partial charge in [0.15, 0.2) is 0 Å². The Morgan fingerprint density at radius 3 is 2.85 bits per heavy atom. The number of ketones is 1. The van der Waals surface area contributed by atoms with Crippen LogP contribution in [0.25, 0.3) is 0 Å². The van der Waals surface area contributed by atoms with Crippen molar-refractivity contribution in [3.63, 3.8) is 0 Å². The topological polar surface area (TPSA) is 17.1 Å². The summed E-state index contributed by atoms with van der Waals surface area (Å²) in [6.45, 7) is 0. The lowest BCUT2D eigenvalue weighted by Crippen LogP contribution is -2.32. The van der Waals surface area contributed by atoms with Crippen LogP contribution in [0.1, 0.15) is 22.3 Å². The first kappa shape index (κ1) is 8.70. The molecule has 1 aromatic carbocycles. The van der Waals surface area contributed by atoms with Gasteiger partial charge in [0.1, 0.15) is 0 Å². The lowest BCUT2D eigenvalue weighted by molar-refractivity contribution is 0.0802. The van der Waals surface area contributed by atoms with Crippen molar-refractivity contribution in [3.05, 3.63) is 35.4 Å². The molecule has 68 valence electrons. The van der Waals surface area contributed by atoms with Gasteiger partial charge in [0.25, 0.3) is 0 Å². The van der Waals surface area contributed by atoms with Crippen LogP contribution in [0.2, 0.25) is 0 Å². The van der Waals surface area contributed by atoms with E-state index in [0.717, 1.165) is 5.56 Å². The highest BCUT2D eigenvalue weighted by Crippen LogP contribution is 2.34. The maximum Gasteiger partial charge on any atom is 0.246 e. The highest BCUT2D eigenvalue weighted by Gasteiger charge is 2.40. The van der Waals surface area contributed by atoms with Crippen LogP contribution in [0, 0.1) is 0 Å². The van der Waals surface area contributed by atoms with Crippen LogP contribution in [0.15, 0.2) is 24.3 Å². The normalized spacial score (nSPS) is 27.1. The molecule has 3 heteroatoms. The van der Waals surface area contributed by atoms with Crippen LogP contribution < -0.4 is 0 Å². The van der Waals surface area contributed by atoms with Crippen LogP contribution in [0.3, 0.4) is 0 Å². The highest BCUT2D eigenvalue weighted by molar-refractivity contribution is 6.37. The Bertz CT molecular complexity index is 360. The monoisotopic (exact) mass is 198 g/mol. The second-order valence-electron chi connectivity index (χ2n) is 3.19. The van der Waals surface area contributed by atoms with Crippen molar-refractivity contribution in [2.75, 3.05) is 0 Å². The molecule has 1 aromatic rings. The van der Waals surface area contributed by atoms with Crippen molar-refractivity contribution in [1.82, 2.24) is 0 Å². The molecular formula is C10H8ClFO. The number of halogens is 2. The largest absolute Gasteiger partial charge is 0.289 e. The zero-order chi connectivity index (χ0) is 9.47. The average Bonchev–Trinajstić information content (AvgIpc) is 2.13. The minimum absolute atomic E-state index is 0.0738. The molecule has 0 saturated heterocycles. The van der Waals surface area contributed by atoms with Crippen LogP contribution in [-0.2, 0) is 6.42 Å². The quantitative estimate of drug-likeness (QED) is 0.586. The molecule has 0 amide bonds. The second kappa shape index (κ2) is 2.81. The van der Waals surface area contributed by atoms with Gasteiger partial charge >= 0.3 is 0 Å². The molecule has 2 rings (SSSR count). The molecule has 1 nitrogen and oxygen atoms in total. The van der Waals surface area contributed by atoms with E-state index in [4.69, 9.17) is 11.6 Å². The Morgan fingerprint density at radius 2 is 2.08 bits per heavy atom. The van der Waals surface area contributed by atoms with E-state index in [0.29, 0.717) is 12.0 Å². The summed E-state index contributed by atoms with van der Waals surface area (Å²) in [7, 11) is 0. The van der Waals surface area contributed by atoms with Gasteiger partial charge in [-0.25, -0.2) is 4.39 Å². The second-order valence-corrected chi connectivity index (χ2v) is 3.79. The Morgan fingerprint density at radius 1 is 1.38 bits per heavy atom. The molecule has 0 saturated carbocycles. The van der Waals surface area contributed by atoms with Gasteiger partial charge in [-0.3, -0.25) is 4.79 Å². The lowest BCUT2D eigenvalue weighted by atomic mass is 9.89. The summed E-state index contributed by atoms with van der Waals surface area (Å²) in [5.41, 5.74) is 1.31. The molecular weight excluding hydrogens is 191 g/mol. The minimum atomic E-state index is -2.19. The Hall–Kier alpha value is -0.890. The van der Waals surface area contributed by atoms with Gasteiger partial charge in [0, 0.05) is 12.0 Å². The summed E-state index contributed by atoms with van der Waals surface area (Å²) in [6, 6.07) is 7.01. The molecule has 0 aliphatic heterocycles. The molecule has 1 atom stereocenters. The van der Waals surface area contributed by atoms with Crippen LogP contribution in [-0.4, -0.2) is 10.9 Å². The first-order valence-electron chi connectivity index (χ1n) is 4.12. The number of Topliss-reactive ketones (excluding diaryl/α,β-unsaturated/α-hetero) is 1. The summed E-state index contributed by atoms with van der Waals surface area (Å²) in [4.78, 5) is 11.4. The first-order chi connectivity index (χ1) is 6.11. The third-order valence-electron chi connectivity index (χ3n) is 2.30. The van der Waals surface area contributed by atoms with Crippen molar-refractivity contribution in [3.8, 4) is 0 Å². The van der Waals surface area contributed by atoms with Crippen molar-refractivity contribution in [2.24, 2.45) is 0 Å². The highest BCUT2D eigenvalue weighted by atomic mass is 35.5. The average molecular weight is 199 g/mol. The third kappa shape index (κ3) is 1.35. The van der Waals surface area contributed by atoms with E-state index < -0.39 is 10.9 Å². The third-order valence-corrected chi connectivity index (χ3v) is 2.66. The number of aryl methyl sites for hydroxylation is 1. The van der Waals surface area contributed by atoms with Gasteiger partial charge < -0.3 is 0 Å². The van der Waals surface area contributed by atoms with Crippen molar-refractivity contribution < 1.29 is 9.18 Å². The summed E-state index contributed by atoms with van der Waals surface area (Å²) in [6.07, 6.45) is 0.603. The molecule has 0 radical (unpaired) electrons. The van der Waals surface area contributed by atoms with E-state index in [-0.39, 0.29) is 6.42 Å². The molecule has 0 spiro atoms. The van der Waals surface area contributed by atoms with Gasteiger partial charge in [0.05, 0.1) is 0 Å². The zero-order valence-electron chi connectivity index (χ0n) is 6.89. The summed E-state index contributed by atoms with van der Waals surface area (Å²) >= 11 is 5.43. The zero-order valence-corrected chi connectivity index (χ0v) is 7.64. The number of alkyl halides is 2. The van der Waals surface area contributed by atoms with E-state index in [1.807, 2.05) is 12.1 Å². The number of hydrogen-bond donors (Lipinski definition) is 0. The molecule has 0 N–H and O–H groups in total. The van der Waals surface area contributed by atoms with Gasteiger partial charge in [-0.15, -0.1) is 0 Å². The molecule has 0 bridgehead atoms. The summed E-state index contributed by atoms with van der Waals surface area (Å²) < 4.78 is 13.4. The van der Waals surface area contributed by atoms with Gasteiger partial charge in [-0.2, -0.15) is 0 Å². The molecule has 0 fully saturated rings. The van der Waals surface area contributed by atoms with Crippen molar-refractivity contribution in [1.29, 1.82) is 0 Å². The van der Waals surface area contributed by atoms with Gasteiger partial charge in [-0.05, 0) is 12.0 Å². The maximum atomic E-state index is 13.4. The van der Waals surface area contributed by atoms with E-state index in [9.17, 15) is 9.18 Å². The van der Waals surface area contributed by atoms with Crippen molar-refractivity contribution >= 4 is 17.4 Å². The minimum Gasteiger partial charge on any atom is -0.289 e. The van der Waals surface area contributed by atoms with E-state index in [1.165, 1.54) is 0 Å². The number of fused-ring (bicyclic) bond motifs is 1. The van der Waals surface area contributed by atoms with Crippen LogP contribution in [0.4, 0.5) is 4.39 Å². The number of carbonyl (C=O) groups is 1. The number of rotatable bonds is 0. The fourth-order valence-electron chi connectivity index (χ4n) is 1.56. The van der Waals surface area contributed by atoms with Crippen LogP contribution >= 0.6 is 11.6 Å². The number of benzene rings is 1. The molecule has 13 heavy (non-hydrogen) atoms. The molecule has 0 heterocycles. The van der Waals surface area contributed by atoms with E-state index >= 15 is 0 Å². The fraction of sp³-hybridized carbons (Fsp3) is 0.300. The smallest absolute Gasteiger partial charge is 0.246 e. The Labute approximate surface area is 80.5 Å². The van der Waals surface area contributed by atoms with Crippen molar-refractivity contribution in [2.45, 2.75) is 18.0 Å². The Kier molecular flexibility index (Phi) is 1.88. The first-order valence-corrected chi connectivity index (χ1v) is 4.49. The molecule has 0 aromatic heterocycles. The Balaban J connectivity index is 2.52. The summed E-state index contributed by atoms with van der Waals surface area (Å²) in [5.74, 6) is -0.601. The molecule has 1 aliphatic rings. The number of hydrogen-bond acceptors (Lipinski definition) is 1. The number of carbonyl (C=O) groups excluding carboxylic acids is 1. The van der Waals surface area contributed by atoms with Gasteiger partial charge in [0.2, 0.25) is 10.9 Å². The summed E-state index contributed by atoms with van der Waals surface area (Å²) in [5, 5.41) is -2.19. The van der Waals surface area contributed by atoms with E-state index in [2.05, 4.69) is 0 Å². The van der Waals surface area contributed by atoms with E-state index in [1.54, 1.807) is 12.1 Å². The molecule has 0 unspecified atom stereocenters. The van der Waals surface area contributed by atoms with Gasteiger partial charge in [-0.1, -0.05) is 35.9 Å². The predicted molar refractivity (Wildman–Crippen MR) is 48.8 cm³/mol.